The minimum Gasteiger partial charge on any atom is -0.329 e. The second-order valence-corrected chi connectivity index (χ2v) is 6.52. The van der Waals surface area contributed by atoms with E-state index in [0.29, 0.717) is 0 Å². The van der Waals surface area contributed by atoms with Crippen molar-refractivity contribution in [2.45, 2.75) is 58.4 Å². The summed E-state index contributed by atoms with van der Waals surface area (Å²) in [6.45, 7) is 12.6. The van der Waals surface area contributed by atoms with Crippen LogP contribution in [-0.4, -0.2) is 55.1 Å². The molecule has 0 aromatic rings. The molecule has 2 N–H and O–H groups in total. The molecule has 3 heteroatoms. The molecule has 19 heavy (non-hydrogen) atoms. The van der Waals surface area contributed by atoms with Gasteiger partial charge in [-0.15, -0.1) is 0 Å². The Labute approximate surface area is 120 Å². The summed E-state index contributed by atoms with van der Waals surface area (Å²) < 4.78 is 0. The van der Waals surface area contributed by atoms with Crippen LogP contribution in [0.2, 0.25) is 0 Å². The van der Waals surface area contributed by atoms with Gasteiger partial charge in [-0.3, -0.25) is 4.90 Å². The van der Waals surface area contributed by atoms with Gasteiger partial charge in [-0.2, -0.15) is 0 Å². The largest absolute Gasteiger partial charge is 0.329 e. The molecular weight excluding hydrogens is 234 g/mol. The fourth-order valence-electron chi connectivity index (χ4n) is 3.31. The van der Waals surface area contributed by atoms with Gasteiger partial charge in [0.05, 0.1) is 0 Å². The van der Waals surface area contributed by atoms with E-state index in [1.807, 2.05) is 0 Å². The Kier molecular flexibility index (Phi) is 7.33. The minimum absolute atomic E-state index is 0.242. The van der Waals surface area contributed by atoms with E-state index < -0.39 is 0 Å². The number of hydrogen-bond donors (Lipinski definition) is 1. The number of hydrogen-bond acceptors (Lipinski definition) is 3. The van der Waals surface area contributed by atoms with Gasteiger partial charge in [0.2, 0.25) is 0 Å². The van der Waals surface area contributed by atoms with Crippen molar-refractivity contribution in [1.29, 1.82) is 0 Å². The summed E-state index contributed by atoms with van der Waals surface area (Å²) in [5.74, 6) is 0.767. The number of nitrogens with zero attached hydrogens (tertiary/aromatic N) is 2. The molecule has 0 bridgehead atoms. The Morgan fingerprint density at radius 2 is 2.00 bits per heavy atom. The van der Waals surface area contributed by atoms with Crippen LogP contribution in [0.1, 0.15) is 52.9 Å². The molecule has 0 aromatic carbocycles. The summed E-state index contributed by atoms with van der Waals surface area (Å²) in [5.41, 5.74) is 6.43. The average molecular weight is 269 g/mol. The molecular formula is C16H35N3. The van der Waals surface area contributed by atoms with Crippen LogP contribution >= 0.6 is 0 Å². The summed E-state index contributed by atoms with van der Waals surface area (Å²) in [6, 6.07) is 0. The van der Waals surface area contributed by atoms with E-state index in [1.54, 1.807) is 0 Å². The molecule has 2 atom stereocenters. The zero-order valence-corrected chi connectivity index (χ0v) is 13.6. The molecule has 0 radical (unpaired) electrons. The number of likely N-dealkylation sites (N-methyl/N-ethyl adjacent to an activating group) is 1. The first kappa shape index (κ1) is 16.9. The van der Waals surface area contributed by atoms with Crippen molar-refractivity contribution in [2.24, 2.45) is 11.7 Å². The van der Waals surface area contributed by atoms with Crippen LogP contribution in [0.5, 0.6) is 0 Å². The molecule has 1 aliphatic heterocycles. The van der Waals surface area contributed by atoms with E-state index in [9.17, 15) is 0 Å². The molecule has 1 fully saturated rings. The summed E-state index contributed by atoms with van der Waals surface area (Å²) in [5, 5.41) is 0. The number of rotatable bonds is 7. The van der Waals surface area contributed by atoms with Gasteiger partial charge in [-0.1, -0.05) is 27.2 Å². The predicted molar refractivity (Wildman–Crippen MR) is 84.5 cm³/mol. The van der Waals surface area contributed by atoms with Gasteiger partial charge in [-0.05, 0) is 58.3 Å². The molecule has 0 spiro atoms. The summed E-state index contributed by atoms with van der Waals surface area (Å²) >= 11 is 0. The summed E-state index contributed by atoms with van der Waals surface area (Å²) in [4.78, 5) is 5.19. The highest BCUT2D eigenvalue weighted by Gasteiger charge is 2.35. The lowest BCUT2D eigenvalue weighted by atomic mass is 9.88. The van der Waals surface area contributed by atoms with E-state index in [4.69, 9.17) is 5.73 Å². The molecule has 1 saturated heterocycles. The third kappa shape index (κ3) is 4.73. The lowest BCUT2D eigenvalue weighted by molar-refractivity contribution is 0.0908. The third-order valence-corrected chi connectivity index (χ3v) is 5.02. The Bertz CT molecular complexity index is 244. The maximum Gasteiger partial charge on any atom is 0.0341 e. The lowest BCUT2D eigenvalue weighted by Crippen LogP contribution is -2.53. The summed E-state index contributed by atoms with van der Waals surface area (Å²) in [7, 11) is 2.29. The van der Waals surface area contributed by atoms with Gasteiger partial charge in [0.1, 0.15) is 0 Å². The van der Waals surface area contributed by atoms with Crippen molar-refractivity contribution < 1.29 is 0 Å². The molecule has 114 valence electrons. The molecule has 1 aliphatic rings. The van der Waals surface area contributed by atoms with Crippen LogP contribution < -0.4 is 5.73 Å². The van der Waals surface area contributed by atoms with E-state index >= 15 is 0 Å². The minimum atomic E-state index is 0.242. The summed E-state index contributed by atoms with van der Waals surface area (Å²) in [6.07, 6.45) is 6.31. The zero-order valence-electron chi connectivity index (χ0n) is 13.6. The maximum atomic E-state index is 6.18. The van der Waals surface area contributed by atoms with Crippen LogP contribution in [0.25, 0.3) is 0 Å². The van der Waals surface area contributed by atoms with Gasteiger partial charge in [0, 0.05) is 18.6 Å². The highest BCUT2D eigenvalue weighted by atomic mass is 15.2. The predicted octanol–water partition coefficient (Wildman–Crippen LogP) is 2.56. The Hall–Kier alpha value is -0.120. The van der Waals surface area contributed by atoms with Crippen molar-refractivity contribution in [1.82, 2.24) is 9.80 Å². The van der Waals surface area contributed by atoms with Crippen LogP contribution in [-0.2, 0) is 0 Å². The molecule has 1 rings (SSSR count). The van der Waals surface area contributed by atoms with Crippen molar-refractivity contribution >= 4 is 0 Å². The lowest BCUT2D eigenvalue weighted by Gasteiger charge is -2.42. The SMILES string of the molecule is CCCN1CCCC(CN)(N(C)CC(C)CC)CC1. The average Bonchev–Trinajstić information content (AvgIpc) is 2.62. The Morgan fingerprint density at radius 1 is 1.26 bits per heavy atom. The maximum absolute atomic E-state index is 6.18. The molecule has 1 heterocycles. The molecule has 2 unspecified atom stereocenters. The van der Waals surface area contributed by atoms with Gasteiger partial charge >= 0.3 is 0 Å². The van der Waals surface area contributed by atoms with Crippen molar-refractivity contribution in [2.75, 3.05) is 39.8 Å². The topological polar surface area (TPSA) is 32.5 Å². The van der Waals surface area contributed by atoms with E-state index in [2.05, 4.69) is 37.6 Å². The normalized spacial score (nSPS) is 27.5. The van der Waals surface area contributed by atoms with Gasteiger partial charge in [0.15, 0.2) is 0 Å². The fraction of sp³-hybridized carbons (Fsp3) is 1.00. The van der Waals surface area contributed by atoms with Crippen LogP contribution in [0.3, 0.4) is 0 Å². The van der Waals surface area contributed by atoms with E-state index in [-0.39, 0.29) is 5.54 Å². The van der Waals surface area contributed by atoms with Gasteiger partial charge in [-0.25, -0.2) is 0 Å². The fourth-order valence-corrected chi connectivity index (χ4v) is 3.31. The smallest absolute Gasteiger partial charge is 0.0341 e. The van der Waals surface area contributed by atoms with E-state index in [0.717, 1.165) is 12.5 Å². The highest BCUT2D eigenvalue weighted by Crippen LogP contribution is 2.28. The van der Waals surface area contributed by atoms with Crippen LogP contribution in [0, 0.1) is 5.92 Å². The van der Waals surface area contributed by atoms with Gasteiger partial charge < -0.3 is 10.6 Å². The third-order valence-electron chi connectivity index (χ3n) is 5.02. The first-order valence-corrected chi connectivity index (χ1v) is 8.21. The second kappa shape index (κ2) is 8.23. The van der Waals surface area contributed by atoms with Crippen LogP contribution in [0.4, 0.5) is 0 Å². The van der Waals surface area contributed by atoms with Crippen molar-refractivity contribution in [3.05, 3.63) is 0 Å². The standard InChI is InChI=1S/C16H35N3/c1-5-10-19-11-7-8-16(14-17,9-12-19)18(4)13-15(3)6-2/h15H,5-14,17H2,1-4H3. The zero-order chi connectivity index (χ0) is 14.3. The quantitative estimate of drug-likeness (QED) is 0.771. The number of likely N-dealkylation sites (tertiary alicyclic amines) is 1. The first-order chi connectivity index (χ1) is 9.07. The number of nitrogens with two attached hydrogens (primary N) is 1. The molecule has 0 amide bonds. The second-order valence-electron chi connectivity index (χ2n) is 6.52. The van der Waals surface area contributed by atoms with Crippen molar-refractivity contribution in [3.8, 4) is 0 Å². The monoisotopic (exact) mass is 269 g/mol. The molecule has 0 aromatic heterocycles. The van der Waals surface area contributed by atoms with Crippen LogP contribution in [0.15, 0.2) is 0 Å². The van der Waals surface area contributed by atoms with Crippen molar-refractivity contribution in [3.63, 3.8) is 0 Å². The Morgan fingerprint density at radius 3 is 2.58 bits per heavy atom. The highest BCUT2D eigenvalue weighted by molar-refractivity contribution is 4.93. The first-order valence-electron chi connectivity index (χ1n) is 8.21. The molecule has 0 aliphatic carbocycles. The molecule has 0 saturated carbocycles. The van der Waals surface area contributed by atoms with E-state index in [1.165, 1.54) is 58.3 Å². The molecule has 3 nitrogen and oxygen atoms in total. The van der Waals surface area contributed by atoms with Gasteiger partial charge in [0.25, 0.3) is 0 Å². The Balaban J connectivity index is 2.63.